The number of nitrogens with one attached hydrogen (secondary N) is 1. The maximum absolute atomic E-state index is 5.40. The molecule has 2 aliphatic rings. The molecule has 2 aliphatic heterocycles. The SMILES string of the molecule is Brc1cc2c(cc1CNCCN1CCCC1)OCO2. The number of hydrogen-bond donors (Lipinski definition) is 1. The molecule has 0 radical (unpaired) electrons. The third kappa shape index (κ3) is 3.22. The van der Waals surface area contributed by atoms with Gasteiger partial charge in [-0.3, -0.25) is 0 Å². The molecule has 0 unspecified atom stereocenters. The lowest BCUT2D eigenvalue weighted by molar-refractivity contribution is 0.174. The number of benzene rings is 1. The van der Waals surface area contributed by atoms with Crippen LogP contribution in [0.15, 0.2) is 16.6 Å². The molecular formula is C14H19BrN2O2. The van der Waals surface area contributed by atoms with Crippen LogP contribution in [-0.2, 0) is 6.54 Å². The minimum atomic E-state index is 0.327. The first-order valence-corrected chi connectivity index (χ1v) is 7.63. The zero-order chi connectivity index (χ0) is 13.1. The molecule has 0 atom stereocenters. The Bertz CT molecular complexity index is 447. The van der Waals surface area contributed by atoms with Gasteiger partial charge in [0.05, 0.1) is 0 Å². The van der Waals surface area contributed by atoms with Crippen molar-refractivity contribution in [3.63, 3.8) is 0 Å². The predicted octanol–water partition coefficient (Wildman–Crippen LogP) is 2.36. The number of rotatable bonds is 5. The molecule has 4 nitrogen and oxygen atoms in total. The van der Waals surface area contributed by atoms with Crippen molar-refractivity contribution >= 4 is 15.9 Å². The summed E-state index contributed by atoms with van der Waals surface area (Å²) in [5.41, 5.74) is 1.21. The first-order chi connectivity index (χ1) is 9.33. The lowest BCUT2D eigenvalue weighted by atomic mass is 10.2. The van der Waals surface area contributed by atoms with Gasteiger partial charge in [-0.1, -0.05) is 15.9 Å². The summed E-state index contributed by atoms with van der Waals surface area (Å²) in [5, 5.41) is 3.49. The molecule has 0 bridgehead atoms. The minimum Gasteiger partial charge on any atom is -0.454 e. The Morgan fingerprint density at radius 3 is 2.68 bits per heavy atom. The van der Waals surface area contributed by atoms with Gasteiger partial charge in [-0.2, -0.15) is 0 Å². The second kappa shape index (κ2) is 6.11. The monoisotopic (exact) mass is 326 g/mol. The lowest BCUT2D eigenvalue weighted by Crippen LogP contribution is -2.29. The Morgan fingerprint density at radius 1 is 1.16 bits per heavy atom. The fourth-order valence-electron chi connectivity index (χ4n) is 2.56. The Morgan fingerprint density at radius 2 is 1.89 bits per heavy atom. The first kappa shape index (κ1) is 13.2. The highest BCUT2D eigenvalue weighted by Crippen LogP contribution is 2.36. The van der Waals surface area contributed by atoms with Gasteiger partial charge in [0.2, 0.25) is 6.79 Å². The fraction of sp³-hybridized carbons (Fsp3) is 0.571. The van der Waals surface area contributed by atoms with Crippen LogP contribution >= 0.6 is 15.9 Å². The number of fused-ring (bicyclic) bond motifs is 1. The van der Waals surface area contributed by atoms with E-state index in [-0.39, 0.29) is 0 Å². The minimum absolute atomic E-state index is 0.327. The summed E-state index contributed by atoms with van der Waals surface area (Å²) < 4.78 is 11.8. The van der Waals surface area contributed by atoms with Crippen LogP contribution < -0.4 is 14.8 Å². The quantitative estimate of drug-likeness (QED) is 0.842. The number of likely N-dealkylation sites (tertiary alicyclic amines) is 1. The fourth-order valence-corrected chi connectivity index (χ4v) is 3.02. The molecule has 1 aromatic rings. The average Bonchev–Trinajstić information content (AvgIpc) is 3.05. The standard InChI is InChI=1S/C14H19BrN2O2/c15-12-8-14-13(18-10-19-14)7-11(12)9-16-3-6-17-4-1-2-5-17/h7-8,16H,1-6,9-10H2. The van der Waals surface area contributed by atoms with Crippen molar-refractivity contribution in [1.82, 2.24) is 10.2 Å². The normalized spacial score (nSPS) is 18.2. The molecule has 104 valence electrons. The van der Waals surface area contributed by atoms with Gasteiger partial charge in [-0.15, -0.1) is 0 Å². The van der Waals surface area contributed by atoms with Gasteiger partial charge in [0.1, 0.15) is 0 Å². The van der Waals surface area contributed by atoms with Gasteiger partial charge in [0.25, 0.3) is 0 Å². The van der Waals surface area contributed by atoms with E-state index in [2.05, 4.69) is 32.2 Å². The van der Waals surface area contributed by atoms with Crippen LogP contribution in [0, 0.1) is 0 Å². The van der Waals surface area contributed by atoms with Crippen molar-refractivity contribution in [3.05, 3.63) is 22.2 Å². The van der Waals surface area contributed by atoms with Gasteiger partial charge in [-0.05, 0) is 43.6 Å². The zero-order valence-corrected chi connectivity index (χ0v) is 12.5. The molecule has 5 heteroatoms. The van der Waals surface area contributed by atoms with Crippen molar-refractivity contribution in [1.29, 1.82) is 0 Å². The van der Waals surface area contributed by atoms with Crippen LogP contribution in [-0.4, -0.2) is 37.9 Å². The van der Waals surface area contributed by atoms with E-state index >= 15 is 0 Å². The van der Waals surface area contributed by atoms with E-state index in [1.807, 2.05) is 6.07 Å². The van der Waals surface area contributed by atoms with Gasteiger partial charge >= 0.3 is 0 Å². The maximum Gasteiger partial charge on any atom is 0.231 e. The highest BCUT2D eigenvalue weighted by atomic mass is 79.9. The van der Waals surface area contributed by atoms with E-state index in [4.69, 9.17) is 9.47 Å². The second-order valence-corrected chi connectivity index (χ2v) is 5.88. The first-order valence-electron chi connectivity index (χ1n) is 6.84. The highest BCUT2D eigenvalue weighted by Gasteiger charge is 2.16. The van der Waals surface area contributed by atoms with Crippen LogP contribution in [0.1, 0.15) is 18.4 Å². The average molecular weight is 327 g/mol. The molecule has 3 rings (SSSR count). The molecule has 1 aromatic carbocycles. The third-order valence-electron chi connectivity index (χ3n) is 3.66. The predicted molar refractivity (Wildman–Crippen MR) is 77.6 cm³/mol. The molecule has 0 aromatic heterocycles. The summed E-state index contributed by atoms with van der Waals surface area (Å²) in [5.74, 6) is 1.67. The van der Waals surface area contributed by atoms with Crippen molar-refractivity contribution in [2.45, 2.75) is 19.4 Å². The summed E-state index contributed by atoms with van der Waals surface area (Å²) in [6, 6.07) is 4.04. The lowest BCUT2D eigenvalue weighted by Gasteiger charge is -2.15. The Balaban J connectivity index is 1.49. The van der Waals surface area contributed by atoms with Crippen molar-refractivity contribution in [2.24, 2.45) is 0 Å². The highest BCUT2D eigenvalue weighted by molar-refractivity contribution is 9.10. The molecule has 1 N–H and O–H groups in total. The number of hydrogen-bond acceptors (Lipinski definition) is 4. The summed E-state index contributed by atoms with van der Waals surface area (Å²) in [6.07, 6.45) is 2.71. The molecular weight excluding hydrogens is 308 g/mol. The summed E-state index contributed by atoms with van der Waals surface area (Å²) >= 11 is 3.58. The Kier molecular flexibility index (Phi) is 4.25. The van der Waals surface area contributed by atoms with E-state index in [0.717, 1.165) is 35.6 Å². The molecule has 0 amide bonds. The van der Waals surface area contributed by atoms with Crippen LogP contribution in [0.3, 0.4) is 0 Å². The maximum atomic E-state index is 5.40. The number of halogens is 1. The third-order valence-corrected chi connectivity index (χ3v) is 4.40. The number of nitrogens with zero attached hydrogens (tertiary/aromatic N) is 1. The second-order valence-electron chi connectivity index (χ2n) is 5.02. The van der Waals surface area contributed by atoms with E-state index in [9.17, 15) is 0 Å². The molecule has 1 fully saturated rings. The van der Waals surface area contributed by atoms with Gasteiger partial charge < -0.3 is 19.7 Å². The van der Waals surface area contributed by atoms with Crippen molar-refractivity contribution in [3.8, 4) is 11.5 Å². The largest absolute Gasteiger partial charge is 0.454 e. The summed E-state index contributed by atoms with van der Waals surface area (Å²) in [6.45, 7) is 5.87. The summed E-state index contributed by atoms with van der Waals surface area (Å²) in [4.78, 5) is 2.52. The zero-order valence-electron chi connectivity index (χ0n) is 11.0. The molecule has 2 heterocycles. The van der Waals surface area contributed by atoms with Gasteiger partial charge in [0, 0.05) is 24.1 Å². The summed E-state index contributed by atoms with van der Waals surface area (Å²) in [7, 11) is 0. The van der Waals surface area contributed by atoms with E-state index in [1.165, 1.54) is 31.5 Å². The molecule has 0 saturated carbocycles. The smallest absolute Gasteiger partial charge is 0.231 e. The van der Waals surface area contributed by atoms with Crippen LogP contribution in [0.2, 0.25) is 0 Å². The molecule has 19 heavy (non-hydrogen) atoms. The molecule has 1 saturated heterocycles. The van der Waals surface area contributed by atoms with E-state index in [1.54, 1.807) is 0 Å². The van der Waals surface area contributed by atoms with Gasteiger partial charge in [-0.25, -0.2) is 0 Å². The van der Waals surface area contributed by atoms with Crippen LogP contribution in [0.4, 0.5) is 0 Å². The Labute approximate surface area is 122 Å². The molecule has 0 aliphatic carbocycles. The van der Waals surface area contributed by atoms with E-state index < -0.39 is 0 Å². The topological polar surface area (TPSA) is 33.7 Å². The van der Waals surface area contributed by atoms with Crippen LogP contribution in [0.25, 0.3) is 0 Å². The number of ether oxygens (including phenoxy) is 2. The van der Waals surface area contributed by atoms with E-state index in [0.29, 0.717) is 6.79 Å². The Hall–Kier alpha value is -0.780. The van der Waals surface area contributed by atoms with Crippen LogP contribution in [0.5, 0.6) is 11.5 Å². The molecule has 0 spiro atoms. The van der Waals surface area contributed by atoms with Crippen molar-refractivity contribution < 1.29 is 9.47 Å². The van der Waals surface area contributed by atoms with Crippen molar-refractivity contribution in [2.75, 3.05) is 33.0 Å². The van der Waals surface area contributed by atoms with Gasteiger partial charge in [0.15, 0.2) is 11.5 Å².